The van der Waals surface area contributed by atoms with E-state index in [0.717, 1.165) is 28.1 Å². The molecule has 3 nitrogen and oxygen atoms in total. The molecule has 2 aromatic rings. The Bertz CT molecular complexity index is 572. The van der Waals surface area contributed by atoms with Gasteiger partial charge in [0.2, 0.25) is 0 Å². The summed E-state index contributed by atoms with van der Waals surface area (Å²) in [4.78, 5) is 0. The maximum Gasteiger partial charge on any atom is 0.131 e. The fraction of sp³-hybridized carbons (Fsp3) is 0.250. The van der Waals surface area contributed by atoms with Gasteiger partial charge in [0.15, 0.2) is 0 Å². The summed E-state index contributed by atoms with van der Waals surface area (Å²) in [6, 6.07) is 13.5. The fourth-order valence-electron chi connectivity index (χ4n) is 1.88. The number of hydrogen-bond acceptors (Lipinski definition) is 3. The van der Waals surface area contributed by atoms with Crippen LogP contribution in [0, 0.1) is 0 Å². The van der Waals surface area contributed by atoms with Gasteiger partial charge in [-0.25, -0.2) is 0 Å². The molecule has 2 rings (SSSR count). The first kappa shape index (κ1) is 14.9. The quantitative estimate of drug-likeness (QED) is 0.862. The highest BCUT2D eigenvalue weighted by Crippen LogP contribution is 2.29. The number of halogens is 1. The third-order valence-corrected chi connectivity index (χ3v) is 3.53. The Labute approximate surface area is 127 Å². The Kier molecular flexibility index (Phi) is 5.44. The summed E-state index contributed by atoms with van der Waals surface area (Å²) in [5.74, 6) is 2.35. The van der Waals surface area contributed by atoms with Gasteiger partial charge in [-0.15, -0.1) is 0 Å². The molecule has 0 unspecified atom stereocenters. The van der Waals surface area contributed by atoms with E-state index in [4.69, 9.17) is 15.2 Å². The molecule has 0 fully saturated rings. The molecule has 2 N–H and O–H groups in total. The zero-order valence-corrected chi connectivity index (χ0v) is 13.0. The highest BCUT2D eigenvalue weighted by atomic mass is 79.9. The van der Waals surface area contributed by atoms with Gasteiger partial charge in [0.25, 0.3) is 0 Å². The van der Waals surface area contributed by atoms with E-state index in [1.165, 1.54) is 5.56 Å². The SMILES string of the molecule is CCOc1cccc(Oc2ccc(CCN)c(Br)c2)c1. The van der Waals surface area contributed by atoms with Crippen LogP contribution in [-0.2, 0) is 6.42 Å². The Morgan fingerprint density at radius 1 is 1.05 bits per heavy atom. The Balaban J connectivity index is 2.13. The summed E-state index contributed by atoms with van der Waals surface area (Å²) in [5, 5.41) is 0. The number of nitrogens with two attached hydrogens (primary N) is 1. The van der Waals surface area contributed by atoms with Gasteiger partial charge in [-0.05, 0) is 49.7 Å². The molecular formula is C16H18BrNO2. The van der Waals surface area contributed by atoms with Gasteiger partial charge in [-0.1, -0.05) is 28.1 Å². The Hall–Kier alpha value is -1.52. The van der Waals surface area contributed by atoms with Crippen LogP contribution in [0.1, 0.15) is 12.5 Å². The molecule has 106 valence electrons. The van der Waals surface area contributed by atoms with Gasteiger partial charge >= 0.3 is 0 Å². The predicted octanol–water partition coefficient (Wildman–Crippen LogP) is 4.14. The van der Waals surface area contributed by atoms with Crippen molar-refractivity contribution in [3.8, 4) is 17.2 Å². The molecule has 0 saturated carbocycles. The molecule has 0 aliphatic carbocycles. The van der Waals surface area contributed by atoms with Gasteiger partial charge in [-0.3, -0.25) is 0 Å². The molecule has 0 aliphatic rings. The Morgan fingerprint density at radius 2 is 1.80 bits per heavy atom. The highest BCUT2D eigenvalue weighted by molar-refractivity contribution is 9.10. The highest BCUT2D eigenvalue weighted by Gasteiger charge is 2.04. The van der Waals surface area contributed by atoms with E-state index in [0.29, 0.717) is 13.2 Å². The van der Waals surface area contributed by atoms with E-state index in [2.05, 4.69) is 15.9 Å². The largest absolute Gasteiger partial charge is 0.494 e. The number of ether oxygens (including phenoxy) is 2. The molecule has 0 atom stereocenters. The molecule has 0 heterocycles. The summed E-state index contributed by atoms with van der Waals surface area (Å²) in [6.45, 7) is 3.23. The third-order valence-electron chi connectivity index (χ3n) is 2.79. The monoisotopic (exact) mass is 335 g/mol. The van der Waals surface area contributed by atoms with Crippen LogP contribution in [0.5, 0.6) is 17.2 Å². The maximum absolute atomic E-state index is 5.84. The van der Waals surface area contributed by atoms with Gasteiger partial charge in [0.1, 0.15) is 17.2 Å². The van der Waals surface area contributed by atoms with Crippen LogP contribution in [0.25, 0.3) is 0 Å². The van der Waals surface area contributed by atoms with Crippen LogP contribution in [0.4, 0.5) is 0 Å². The minimum atomic E-state index is 0.634. The number of rotatable bonds is 6. The number of hydrogen-bond donors (Lipinski definition) is 1. The van der Waals surface area contributed by atoms with Crippen molar-refractivity contribution in [2.24, 2.45) is 5.73 Å². The van der Waals surface area contributed by atoms with Crippen LogP contribution >= 0.6 is 15.9 Å². The first-order valence-corrected chi connectivity index (χ1v) is 7.41. The van der Waals surface area contributed by atoms with Gasteiger partial charge < -0.3 is 15.2 Å². The third kappa shape index (κ3) is 3.99. The van der Waals surface area contributed by atoms with Gasteiger partial charge in [-0.2, -0.15) is 0 Å². The van der Waals surface area contributed by atoms with Crippen molar-refractivity contribution in [1.82, 2.24) is 0 Å². The predicted molar refractivity (Wildman–Crippen MR) is 84.6 cm³/mol. The second-order valence-electron chi connectivity index (χ2n) is 4.30. The normalized spacial score (nSPS) is 10.3. The molecule has 20 heavy (non-hydrogen) atoms. The van der Waals surface area contributed by atoms with Gasteiger partial charge in [0.05, 0.1) is 6.61 Å². The lowest BCUT2D eigenvalue weighted by Crippen LogP contribution is -2.03. The number of benzene rings is 2. The smallest absolute Gasteiger partial charge is 0.131 e. The van der Waals surface area contributed by atoms with E-state index >= 15 is 0 Å². The zero-order chi connectivity index (χ0) is 14.4. The molecule has 0 aromatic heterocycles. The topological polar surface area (TPSA) is 44.5 Å². The first-order valence-electron chi connectivity index (χ1n) is 6.62. The van der Waals surface area contributed by atoms with Gasteiger partial charge in [0, 0.05) is 10.5 Å². The van der Waals surface area contributed by atoms with E-state index in [1.807, 2.05) is 49.4 Å². The van der Waals surface area contributed by atoms with E-state index in [1.54, 1.807) is 0 Å². The lowest BCUT2D eigenvalue weighted by molar-refractivity contribution is 0.338. The van der Waals surface area contributed by atoms with Crippen molar-refractivity contribution < 1.29 is 9.47 Å². The van der Waals surface area contributed by atoms with Crippen molar-refractivity contribution in [1.29, 1.82) is 0 Å². The molecular weight excluding hydrogens is 318 g/mol. The van der Waals surface area contributed by atoms with Crippen LogP contribution in [0.3, 0.4) is 0 Å². The van der Waals surface area contributed by atoms with Crippen LogP contribution < -0.4 is 15.2 Å². The summed E-state index contributed by atoms with van der Waals surface area (Å²) in [7, 11) is 0. The molecule has 4 heteroatoms. The standard InChI is InChI=1S/C16H18BrNO2/c1-2-19-13-4-3-5-14(10-13)20-15-7-6-12(8-9-18)16(17)11-15/h3-7,10-11H,2,8-9,18H2,1H3. The lowest BCUT2D eigenvalue weighted by atomic mass is 10.1. The van der Waals surface area contributed by atoms with Crippen molar-refractivity contribution >= 4 is 15.9 Å². The summed E-state index contributed by atoms with van der Waals surface area (Å²) >= 11 is 3.54. The Morgan fingerprint density at radius 3 is 2.50 bits per heavy atom. The van der Waals surface area contributed by atoms with Crippen LogP contribution in [0.15, 0.2) is 46.9 Å². The minimum absolute atomic E-state index is 0.634. The van der Waals surface area contributed by atoms with Crippen molar-refractivity contribution in [3.63, 3.8) is 0 Å². The van der Waals surface area contributed by atoms with Crippen molar-refractivity contribution in [2.45, 2.75) is 13.3 Å². The van der Waals surface area contributed by atoms with Crippen LogP contribution in [0.2, 0.25) is 0 Å². The van der Waals surface area contributed by atoms with E-state index in [-0.39, 0.29) is 0 Å². The molecule has 0 amide bonds. The average molecular weight is 336 g/mol. The lowest BCUT2D eigenvalue weighted by Gasteiger charge is -2.10. The molecule has 0 saturated heterocycles. The van der Waals surface area contributed by atoms with Crippen molar-refractivity contribution in [3.05, 3.63) is 52.5 Å². The molecule has 0 bridgehead atoms. The first-order chi connectivity index (χ1) is 9.72. The molecule has 0 aliphatic heterocycles. The van der Waals surface area contributed by atoms with Crippen molar-refractivity contribution in [2.75, 3.05) is 13.2 Å². The zero-order valence-electron chi connectivity index (χ0n) is 11.4. The average Bonchev–Trinajstić information content (AvgIpc) is 2.43. The summed E-state index contributed by atoms with van der Waals surface area (Å²) < 4.78 is 12.3. The minimum Gasteiger partial charge on any atom is -0.494 e. The molecule has 0 radical (unpaired) electrons. The maximum atomic E-state index is 5.84. The molecule has 0 spiro atoms. The van der Waals surface area contributed by atoms with Crippen LogP contribution in [-0.4, -0.2) is 13.2 Å². The van der Waals surface area contributed by atoms with E-state index < -0.39 is 0 Å². The molecule has 2 aromatic carbocycles. The summed E-state index contributed by atoms with van der Waals surface area (Å²) in [6.07, 6.45) is 0.848. The fourth-order valence-corrected chi connectivity index (χ4v) is 2.44. The van der Waals surface area contributed by atoms with E-state index in [9.17, 15) is 0 Å². The second-order valence-corrected chi connectivity index (χ2v) is 5.16. The summed E-state index contributed by atoms with van der Waals surface area (Å²) in [5.41, 5.74) is 6.75. The second kappa shape index (κ2) is 7.31.